The second-order valence-electron chi connectivity index (χ2n) is 5.60. The van der Waals surface area contributed by atoms with E-state index in [-0.39, 0.29) is 11.8 Å². The molecule has 4 rings (SSSR count). The van der Waals surface area contributed by atoms with Crippen LogP contribution in [-0.2, 0) is 0 Å². The van der Waals surface area contributed by atoms with E-state index in [1.807, 2.05) is 40.8 Å². The maximum Gasteiger partial charge on any atom is 0.267 e. The van der Waals surface area contributed by atoms with Gasteiger partial charge in [-0.25, -0.2) is 0 Å². The molecule has 0 N–H and O–H groups in total. The highest BCUT2D eigenvalue weighted by Gasteiger charge is 2.32. The lowest BCUT2D eigenvalue weighted by Crippen LogP contribution is -2.28. The average molecular weight is 345 g/mol. The Morgan fingerprint density at radius 1 is 1.35 bits per heavy atom. The molecule has 23 heavy (non-hydrogen) atoms. The molecule has 1 aliphatic rings. The molecule has 0 aliphatic carbocycles. The molecule has 0 saturated carbocycles. The molecule has 118 valence electrons. The van der Waals surface area contributed by atoms with Crippen molar-refractivity contribution in [3.8, 4) is 10.8 Å². The van der Waals surface area contributed by atoms with Crippen molar-refractivity contribution in [1.82, 2.24) is 15.0 Å². The highest BCUT2D eigenvalue weighted by molar-refractivity contribution is 7.13. The Kier molecular flexibility index (Phi) is 3.74. The largest absolute Gasteiger partial charge is 0.337 e. The minimum absolute atomic E-state index is 0.113. The summed E-state index contributed by atoms with van der Waals surface area (Å²) >= 11 is 3.08. The van der Waals surface area contributed by atoms with Gasteiger partial charge in [0.1, 0.15) is 0 Å². The molecule has 0 aromatic carbocycles. The van der Waals surface area contributed by atoms with Crippen LogP contribution in [-0.4, -0.2) is 34.0 Å². The van der Waals surface area contributed by atoms with E-state index in [1.165, 1.54) is 11.3 Å². The number of hydrogen-bond donors (Lipinski definition) is 0. The van der Waals surface area contributed by atoms with Gasteiger partial charge in [-0.2, -0.15) is 4.98 Å². The molecule has 1 fully saturated rings. The molecule has 1 atom stereocenters. The molecule has 3 aromatic heterocycles. The summed E-state index contributed by atoms with van der Waals surface area (Å²) in [5.74, 6) is 1.53. The molecule has 4 heterocycles. The van der Waals surface area contributed by atoms with Gasteiger partial charge in [0.2, 0.25) is 0 Å². The lowest BCUT2D eigenvalue weighted by Gasteiger charge is -2.15. The molecule has 1 saturated heterocycles. The van der Waals surface area contributed by atoms with Gasteiger partial charge in [0.05, 0.1) is 9.75 Å². The van der Waals surface area contributed by atoms with Crippen molar-refractivity contribution in [1.29, 1.82) is 0 Å². The van der Waals surface area contributed by atoms with Crippen LogP contribution in [0.1, 0.15) is 33.4 Å². The number of carbonyl (C=O) groups is 1. The molecule has 5 nitrogen and oxygen atoms in total. The number of aromatic nitrogens is 2. The highest BCUT2D eigenvalue weighted by Crippen LogP contribution is 2.30. The van der Waals surface area contributed by atoms with Gasteiger partial charge in [0.15, 0.2) is 5.82 Å². The molecule has 0 radical (unpaired) electrons. The van der Waals surface area contributed by atoms with E-state index >= 15 is 0 Å². The van der Waals surface area contributed by atoms with Crippen LogP contribution in [0.2, 0.25) is 0 Å². The van der Waals surface area contributed by atoms with Gasteiger partial charge >= 0.3 is 0 Å². The van der Waals surface area contributed by atoms with Gasteiger partial charge in [-0.05, 0) is 41.8 Å². The summed E-state index contributed by atoms with van der Waals surface area (Å²) in [6, 6.07) is 5.91. The van der Waals surface area contributed by atoms with E-state index < -0.39 is 0 Å². The van der Waals surface area contributed by atoms with Crippen molar-refractivity contribution in [2.45, 2.75) is 19.3 Å². The van der Waals surface area contributed by atoms with Crippen molar-refractivity contribution in [3.05, 3.63) is 45.2 Å². The summed E-state index contributed by atoms with van der Waals surface area (Å²) in [6.07, 6.45) is 0.875. The molecule has 1 unspecified atom stereocenters. The van der Waals surface area contributed by atoms with Crippen molar-refractivity contribution < 1.29 is 9.32 Å². The molecule has 3 aromatic rings. The summed E-state index contributed by atoms with van der Waals surface area (Å²) in [5, 5.41) is 8.06. The Bertz CT molecular complexity index is 822. The summed E-state index contributed by atoms with van der Waals surface area (Å²) in [5.41, 5.74) is 1.04. The van der Waals surface area contributed by atoms with Crippen LogP contribution in [0, 0.1) is 6.92 Å². The van der Waals surface area contributed by atoms with Crippen molar-refractivity contribution in [3.63, 3.8) is 0 Å². The monoisotopic (exact) mass is 345 g/mol. The van der Waals surface area contributed by atoms with E-state index in [1.54, 1.807) is 11.3 Å². The van der Waals surface area contributed by atoms with Crippen LogP contribution in [0.15, 0.2) is 33.5 Å². The number of likely N-dealkylation sites (tertiary alicyclic amines) is 1. The van der Waals surface area contributed by atoms with E-state index in [4.69, 9.17) is 4.52 Å². The molecule has 0 spiro atoms. The normalized spacial score (nSPS) is 17.8. The molecule has 0 bridgehead atoms. The molecule has 1 amide bonds. The van der Waals surface area contributed by atoms with E-state index in [0.717, 1.165) is 28.3 Å². The van der Waals surface area contributed by atoms with Gasteiger partial charge in [-0.1, -0.05) is 11.2 Å². The summed E-state index contributed by atoms with van der Waals surface area (Å²) in [4.78, 5) is 20.8. The number of amides is 1. The molecular formula is C16H15N3O2S2. The van der Waals surface area contributed by atoms with Crippen LogP contribution in [0.25, 0.3) is 10.8 Å². The third-order valence-corrected chi connectivity index (χ3v) is 5.93. The maximum atomic E-state index is 12.6. The lowest BCUT2D eigenvalue weighted by molar-refractivity contribution is 0.0794. The average Bonchev–Trinajstić information content (AvgIpc) is 3.31. The molecule has 7 heteroatoms. The van der Waals surface area contributed by atoms with Crippen molar-refractivity contribution in [2.75, 3.05) is 13.1 Å². The first-order valence-corrected chi connectivity index (χ1v) is 9.19. The number of thiophene rings is 2. The SMILES string of the molecule is Cc1ccsc1C(=O)N1CCC(c2noc(-c3cccs3)n2)C1. The van der Waals surface area contributed by atoms with Crippen LogP contribution < -0.4 is 0 Å². The van der Waals surface area contributed by atoms with Gasteiger partial charge < -0.3 is 9.42 Å². The highest BCUT2D eigenvalue weighted by atomic mass is 32.1. The van der Waals surface area contributed by atoms with E-state index in [0.29, 0.717) is 18.3 Å². The first-order valence-electron chi connectivity index (χ1n) is 7.43. The Morgan fingerprint density at radius 3 is 3.00 bits per heavy atom. The Morgan fingerprint density at radius 2 is 2.26 bits per heavy atom. The fourth-order valence-electron chi connectivity index (χ4n) is 2.79. The zero-order valence-electron chi connectivity index (χ0n) is 12.6. The first kappa shape index (κ1) is 14.6. The maximum absolute atomic E-state index is 12.6. The van der Waals surface area contributed by atoms with Gasteiger partial charge in [0.25, 0.3) is 11.8 Å². The third kappa shape index (κ3) is 2.70. The molecular weight excluding hydrogens is 330 g/mol. The van der Waals surface area contributed by atoms with Gasteiger partial charge in [0, 0.05) is 19.0 Å². The van der Waals surface area contributed by atoms with E-state index in [2.05, 4.69) is 10.1 Å². The Hall–Kier alpha value is -1.99. The summed E-state index contributed by atoms with van der Waals surface area (Å²) in [7, 11) is 0. The fourth-order valence-corrected chi connectivity index (χ4v) is 4.33. The summed E-state index contributed by atoms with van der Waals surface area (Å²) < 4.78 is 5.36. The van der Waals surface area contributed by atoms with Crippen molar-refractivity contribution in [2.24, 2.45) is 0 Å². The zero-order chi connectivity index (χ0) is 15.8. The second-order valence-corrected chi connectivity index (χ2v) is 7.47. The first-order chi connectivity index (χ1) is 11.2. The van der Waals surface area contributed by atoms with Crippen LogP contribution in [0.5, 0.6) is 0 Å². The van der Waals surface area contributed by atoms with Gasteiger partial charge in [-0.15, -0.1) is 22.7 Å². The third-order valence-electron chi connectivity index (χ3n) is 4.07. The number of hydrogen-bond acceptors (Lipinski definition) is 6. The number of aryl methyl sites for hydroxylation is 1. The van der Waals surface area contributed by atoms with E-state index in [9.17, 15) is 4.79 Å². The van der Waals surface area contributed by atoms with Gasteiger partial charge in [-0.3, -0.25) is 4.79 Å². The van der Waals surface area contributed by atoms with Crippen LogP contribution >= 0.6 is 22.7 Å². The Balaban J connectivity index is 1.48. The zero-order valence-corrected chi connectivity index (χ0v) is 14.2. The fraction of sp³-hybridized carbons (Fsp3) is 0.312. The summed E-state index contributed by atoms with van der Waals surface area (Å²) in [6.45, 7) is 3.37. The number of nitrogens with zero attached hydrogens (tertiary/aromatic N) is 3. The number of carbonyl (C=O) groups excluding carboxylic acids is 1. The quantitative estimate of drug-likeness (QED) is 0.724. The Labute approximate surface area is 141 Å². The predicted octanol–water partition coefficient (Wildman–Crippen LogP) is 3.80. The van der Waals surface area contributed by atoms with Crippen LogP contribution in [0.4, 0.5) is 0 Å². The smallest absolute Gasteiger partial charge is 0.267 e. The van der Waals surface area contributed by atoms with Crippen LogP contribution in [0.3, 0.4) is 0 Å². The second kappa shape index (κ2) is 5.90. The number of rotatable bonds is 3. The van der Waals surface area contributed by atoms with Crippen molar-refractivity contribution >= 4 is 28.6 Å². The lowest BCUT2D eigenvalue weighted by atomic mass is 10.1. The topological polar surface area (TPSA) is 59.2 Å². The minimum atomic E-state index is 0.113. The standard InChI is InChI=1S/C16H15N3O2S2/c1-10-5-8-23-13(10)16(20)19-6-4-11(9-19)14-17-15(21-18-14)12-3-2-7-22-12/h2-3,5,7-8,11H,4,6,9H2,1H3. The predicted molar refractivity (Wildman–Crippen MR) is 89.9 cm³/mol. The molecule has 1 aliphatic heterocycles. The minimum Gasteiger partial charge on any atom is -0.337 e.